The lowest BCUT2D eigenvalue weighted by Crippen LogP contribution is -2.23. The summed E-state index contributed by atoms with van der Waals surface area (Å²) in [7, 11) is 1.58. The summed E-state index contributed by atoms with van der Waals surface area (Å²) in [5.74, 6) is -0.367. The van der Waals surface area contributed by atoms with Gasteiger partial charge in [0.25, 0.3) is 0 Å². The fraction of sp³-hybridized carbons (Fsp3) is 0.353. The van der Waals surface area contributed by atoms with Crippen molar-refractivity contribution in [3.8, 4) is 5.75 Å². The maximum Gasteiger partial charge on any atom is 0.347 e. The number of carbonyl (C=O) groups is 2. The van der Waals surface area contributed by atoms with Gasteiger partial charge in [0.15, 0.2) is 0 Å². The molecule has 1 aliphatic rings. The Bertz CT molecular complexity index is 786. The molecule has 1 aromatic heterocycles. The van der Waals surface area contributed by atoms with Crippen LogP contribution in [0.1, 0.15) is 29.4 Å². The number of cyclic esters (lactones) is 1. The molecule has 1 aliphatic heterocycles. The van der Waals surface area contributed by atoms with Crippen LogP contribution in [0, 0.1) is 6.92 Å². The Hall–Kier alpha value is -2.63. The van der Waals surface area contributed by atoms with E-state index >= 15 is 0 Å². The minimum atomic E-state index is -0.844. The number of aromatic nitrogens is 1. The van der Waals surface area contributed by atoms with Crippen molar-refractivity contribution in [1.82, 2.24) is 4.98 Å². The van der Waals surface area contributed by atoms with Crippen LogP contribution in [-0.4, -0.2) is 36.2 Å². The molecule has 6 nitrogen and oxygen atoms in total. The van der Waals surface area contributed by atoms with Crippen LogP contribution in [-0.2, 0) is 14.3 Å². The largest absolute Gasteiger partial charge is 0.497 e. The minimum Gasteiger partial charge on any atom is -0.497 e. The summed E-state index contributed by atoms with van der Waals surface area (Å²) >= 11 is 0. The zero-order valence-corrected chi connectivity index (χ0v) is 13.2. The first-order valence-corrected chi connectivity index (χ1v) is 7.35. The predicted octanol–water partition coefficient (Wildman–Crippen LogP) is 2.41. The van der Waals surface area contributed by atoms with Gasteiger partial charge in [0, 0.05) is 17.9 Å². The van der Waals surface area contributed by atoms with Crippen molar-refractivity contribution in [2.24, 2.45) is 0 Å². The fourth-order valence-electron chi connectivity index (χ4n) is 2.59. The van der Waals surface area contributed by atoms with E-state index in [0.29, 0.717) is 23.4 Å². The molecule has 1 aromatic carbocycles. The van der Waals surface area contributed by atoms with Gasteiger partial charge in [0.05, 0.1) is 23.9 Å². The lowest BCUT2D eigenvalue weighted by Gasteiger charge is -2.11. The number of benzene rings is 1. The molecule has 0 radical (unpaired) electrons. The Morgan fingerprint density at radius 1 is 1.35 bits per heavy atom. The smallest absolute Gasteiger partial charge is 0.347 e. The molecule has 0 bridgehead atoms. The number of hydrogen-bond acceptors (Lipinski definition) is 6. The maximum atomic E-state index is 12.3. The van der Waals surface area contributed by atoms with Crippen LogP contribution < -0.4 is 4.74 Å². The molecule has 0 N–H and O–H groups in total. The third kappa shape index (κ3) is 2.97. The molecule has 3 rings (SSSR count). The molecule has 120 valence electrons. The number of esters is 2. The summed E-state index contributed by atoms with van der Waals surface area (Å²) < 4.78 is 15.4. The number of ether oxygens (including phenoxy) is 3. The summed E-state index contributed by atoms with van der Waals surface area (Å²) in [4.78, 5) is 28.4. The molecule has 0 saturated carbocycles. The van der Waals surface area contributed by atoms with Crippen LogP contribution in [0.5, 0.6) is 5.75 Å². The van der Waals surface area contributed by atoms with Crippen molar-refractivity contribution < 1.29 is 23.8 Å². The zero-order chi connectivity index (χ0) is 16.6. The molecule has 1 fully saturated rings. The van der Waals surface area contributed by atoms with Crippen LogP contribution in [0.25, 0.3) is 10.9 Å². The number of methoxy groups -OCH3 is 1. The van der Waals surface area contributed by atoms with Crippen molar-refractivity contribution in [3.63, 3.8) is 0 Å². The highest BCUT2D eigenvalue weighted by Gasteiger charge is 2.35. The average molecular weight is 315 g/mol. The summed E-state index contributed by atoms with van der Waals surface area (Å²) in [5, 5.41) is 0.797. The molecular weight excluding hydrogens is 298 g/mol. The molecule has 2 unspecified atom stereocenters. The first-order chi connectivity index (χ1) is 11.0. The molecule has 2 heterocycles. The second-order valence-corrected chi connectivity index (χ2v) is 5.56. The number of pyridine rings is 1. The van der Waals surface area contributed by atoms with Gasteiger partial charge in [0.2, 0.25) is 6.10 Å². The van der Waals surface area contributed by atoms with Crippen LogP contribution in [0.2, 0.25) is 0 Å². The van der Waals surface area contributed by atoms with Gasteiger partial charge in [-0.25, -0.2) is 9.59 Å². The normalized spacial score (nSPS) is 20.4. The van der Waals surface area contributed by atoms with Gasteiger partial charge in [-0.2, -0.15) is 0 Å². The van der Waals surface area contributed by atoms with Crippen molar-refractivity contribution in [2.45, 2.75) is 32.5 Å². The third-order valence-electron chi connectivity index (χ3n) is 3.81. The third-order valence-corrected chi connectivity index (χ3v) is 3.81. The maximum absolute atomic E-state index is 12.3. The summed E-state index contributed by atoms with van der Waals surface area (Å²) in [6, 6.07) is 7.13. The van der Waals surface area contributed by atoms with Crippen molar-refractivity contribution >= 4 is 22.8 Å². The molecule has 2 atom stereocenters. The van der Waals surface area contributed by atoms with E-state index in [9.17, 15) is 9.59 Å². The van der Waals surface area contributed by atoms with E-state index in [4.69, 9.17) is 14.2 Å². The van der Waals surface area contributed by atoms with Gasteiger partial charge in [0.1, 0.15) is 11.9 Å². The zero-order valence-electron chi connectivity index (χ0n) is 13.2. The van der Waals surface area contributed by atoms with Crippen LogP contribution in [0.15, 0.2) is 24.3 Å². The topological polar surface area (TPSA) is 74.7 Å². The number of aryl methyl sites for hydroxylation is 1. The summed E-state index contributed by atoms with van der Waals surface area (Å²) in [5.41, 5.74) is 1.61. The van der Waals surface area contributed by atoms with Gasteiger partial charge in [-0.1, -0.05) is 0 Å². The lowest BCUT2D eigenvalue weighted by atomic mass is 10.1. The second-order valence-electron chi connectivity index (χ2n) is 5.56. The van der Waals surface area contributed by atoms with E-state index in [1.807, 2.05) is 6.07 Å². The van der Waals surface area contributed by atoms with Gasteiger partial charge >= 0.3 is 11.9 Å². The monoisotopic (exact) mass is 315 g/mol. The van der Waals surface area contributed by atoms with E-state index in [-0.39, 0.29) is 6.10 Å². The molecule has 0 amide bonds. The first-order valence-electron chi connectivity index (χ1n) is 7.35. The average Bonchev–Trinajstić information content (AvgIpc) is 2.83. The van der Waals surface area contributed by atoms with Crippen LogP contribution in [0.4, 0.5) is 0 Å². The standard InChI is InChI=1S/C17H17NO5/c1-9-6-15(17(20)22-9)23-16(19)13-7-11-4-5-12(21-3)8-14(11)18-10(13)2/h4-5,7-9,15H,6H2,1-3H3. The van der Waals surface area contributed by atoms with Crippen molar-refractivity contribution in [2.75, 3.05) is 7.11 Å². The molecule has 2 aromatic rings. The van der Waals surface area contributed by atoms with Gasteiger partial charge < -0.3 is 14.2 Å². The van der Waals surface area contributed by atoms with E-state index in [1.54, 1.807) is 39.2 Å². The molecule has 23 heavy (non-hydrogen) atoms. The Morgan fingerprint density at radius 3 is 2.78 bits per heavy atom. The Labute approximate surface area is 133 Å². The quantitative estimate of drug-likeness (QED) is 0.810. The number of rotatable bonds is 3. The number of hydrogen-bond donors (Lipinski definition) is 0. The minimum absolute atomic E-state index is 0.233. The van der Waals surface area contributed by atoms with Crippen LogP contribution >= 0.6 is 0 Å². The molecule has 1 saturated heterocycles. The van der Waals surface area contributed by atoms with Crippen molar-refractivity contribution in [3.05, 3.63) is 35.5 Å². The van der Waals surface area contributed by atoms with Crippen molar-refractivity contribution in [1.29, 1.82) is 0 Å². The van der Waals surface area contributed by atoms with E-state index in [1.165, 1.54) is 0 Å². The lowest BCUT2D eigenvalue weighted by molar-refractivity contribution is -0.147. The number of nitrogens with zero attached hydrogens (tertiary/aromatic N) is 1. The van der Waals surface area contributed by atoms with Gasteiger partial charge in [-0.3, -0.25) is 4.98 Å². The Morgan fingerprint density at radius 2 is 2.13 bits per heavy atom. The predicted molar refractivity (Wildman–Crippen MR) is 82.4 cm³/mol. The highest BCUT2D eigenvalue weighted by atomic mass is 16.6. The Balaban J connectivity index is 1.88. The molecular formula is C17H17NO5. The highest BCUT2D eigenvalue weighted by Crippen LogP contribution is 2.24. The fourth-order valence-corrected chi connectivity index (χ4v) is 2.59. The van der Waals surface area contributed by atoms with Crippen LogP contribution in [0.3, 0.4) is 0 Å². The molecule has 6 heteroatoms. The van der Waals surface area contributed by atoms with E-state index in [0.717, 1.165) is 10.9 Å². The summed E-state index contributed by atoms with van der Waals surface area (Å²) in [6.07, 6.45) is -0.700. The highest BCUT2D eigenvalue weighted by molar-refractivity contribution is 5.96. The molecule has 0 aliphatic carbocycles. The van der Waals surface area contributed by atoms with E-state index in [2.05, 4.69) is 4.98 Å². The first kappa shape index (κ1) is 15.3. The second kappa shape index (κ2) is 5.87. The van der Waals surface area contributed by atoms with Gasteiger partial charge in [-0.05, 0) is 32.0 Å². The number of carbonyl (C=O) groups excluding carboxylic acids is 2. The SMILES string of the molecule is COc1ccc2cc(C(=O)OC3CC(C)OC3=O)c(C)nc2c1. The molecule has 0 spiro atoms. The van der Waals surface area contributed by atoms with Gasteiger partial charge in [-0.15, -0.1) is 0 Å². The Kier molecular flexibility index (Phi) is 3.90. The summed E-state index contributed by atoms with van der Waals surface area (Å²) in [6.45, 7) is 3.49. The number of fused-ring (bicyclic) bond motifs is 1. The van der Waals surface area contributed by atoms with E-state index < -0.39 is 18.0 Å².